The zero-order valence-electron chi connectivity index (χ0n) is 15.8. The van der Waals surface area contributed by atoms with Crippen LogP contribution in [0, 0.1) is 11.3 Å². The van der Waals surface area contributed by atoms with Crippen molar-refractivity contribution < 1.29 is 18.4 Å². The van der Waals surface area contributed by atoms with Crippen LogP contribution in [0.3, 0.4) is 0 Å². The van der Waals surface area contributed by atoms with Crippen LogP contribution >= 0.6 is 0 Å². The Hall–Kier alpha value is -3.34. The Labute approximate surface area is 167 Å². The summed E-state index contributed by atoms with van der Waals surface area (Å²) in [6.07, 6.45) is 2.39. The van der Waals surface area contributed by atoms with E-state index in [-0.39, 0.29) is 5.92 Å². The molecule has 1 aromatic carbocycles. The largest absolute Gasteiger partial charge is 0.343 e. The number of nitriles is 1. The Morgan fingerprint density at radius 3 is 2.76 bits per heavy atom. The third kappa shape index (κ3) is 4.57. The minimum Gasteiger partial charge on any atom is -0.343 e. The quantitative estimate of drug-likeness (QED) is 0.839. The fourth-order valence-corrected chi connectivity index (χ4v) is 3.43. The first-order valence-corrected chi connectivity index (χ1v) is 9.16. The van der Waals surface area contributed by atoms with Crippen LogP contribution in [0.5, 0.6) is 0 Å². The molecule has 0 saturated carbocycles. The third-order valence-electron chi connectivity index (χ3n) is 5.00. The molecule has 0 bridgehead atoms. The highest BCUT2D eigenvalue weighted by atomic mass is 19.3. The van der Waals surface area contributed by atoms with E-state index in [1.54, 1.807) is 18.3 Å². The summed E-state index contributed by atoms with van der Waals surface area (Å²) in [7, 11) is 0. The van der Waals surface area contributed by atoms with E-state index in [1.165, 1.54) is 6.20 Å². The Bertz CT molecular complexity index is 943. The van der Waals surface area contributed by atoms with Crippen molar-refractivity contribution >= 4 is 11.8 Å². The van der Waals surface area contributed by atoms with E-state index in [0.29, 0.717) is 11.1 Å². The number of pyridine rings is 1. The highest BCUT2D eigenvalue weighted by Crippen LogP contribution is 2.31. The third-order valence-corrected chi connectivity index (χ3v) is 5.00. The molecule has 1 unspecified atom stereocenters. The predicted molar refractivity (Wildman–Crippen MR) is 101 cm³/mol. The molecule has 2 heterocycles. The SMILES string of the molecule is CC(c1ccccc1)c1cnccc1C(=O)NCC(=O)N1CC(F)(F)C[C@H]1C#N. The highest BCUT2D eigenvalue weighted by molar-refractivity contribution is 5.98. The van der Waals surface area contributed by atoms with Gasteiger partial charge in [-0.25, -0.2) is 8.78 Å². The molecule has 2 amide bonds. The summed E-state index contributed by atoms with van der Waals surface area (Å²) < 4.78 is 27.0. The zero-order valence-corrected chi connectivity index (χ0v) is 15.8. The predicted octanol–water partition coefficient (Wildman–Crippen LogP) is 2.72. The second-order valence-corrected chi connectivity index (χ2v) is 7.00. The molecule has 0 aliphatic carbocycles. The molecule has 29 heavy (non-hydrogen) atoms. The van der Waals surface area contributed by atoms with Gasteiger partial charge in [-0.3, -0.25) is 14.6 Å². The summed E-state index contributed by atoms with van der Waals surface area (Å²) in [5, 5.41) is 11.5. The molecule has 1 N–H and O–H groups in total. The molecule has 2 atom stereocenters. The number of hydrogen-bond donors (Lipinski definition) is 1. The summed E-state index contributed by atoms with van der Waals surface area (Å²) in [6.45, 7) is 0.665. The van der Waals surface area contributed by atoms with Gasteiger partial charge >= 0.3 is 0 Å². The number of aromatic nitrogens is 1. The number of amides is 2. The van der Waals surface area contributed by atoms with E-state index in [1.807, 2.05) is 37.3 Å². The number of rotatable bonds is 5. The van der Waals surface area contributed by atoms with Crippen molar-refractivity contribution in [2.24, 2.45) is 0 Å². The van der Waals surface area contributed by atoms with Crippen LogP contribution in [0.1, 0.15) is 40.7 Å². The Morgan fingerprint density at radius 2 is 2.07 bits per heavy atom. The number of carbonyl (C=O) groups is 2. The molecule has 1 aliphatic rings. The van der Waals surface area contributed by atoms with E-state index < -0.39 is 43.3 Å². The van der Waals surface area contributed by atoms with Gasteiger partial charge in [-0.1, -0.05) is 37.3 Å². The lowest BCUT2D eigenvalue weighted by atomic mass is 9.91. The van der Waals surface area contributed by atoms with Gasteiger partial charge < -0.3 is 10.2 Å². The second-order valence-electron chi connectivity index (χ2n) is 7.00. The number of nitrogens with zero attached hydrogens (tertiary/aromatic N) is 3. The molecule has 0 spiro atoms. The van der Waals surface area contributed by atoms with Gasteiger partial charge in [0, 0.05) is 30.3 Å². The number of benzene rings is 1. The van der Waals surface area contributed by atoms with E-state index >= 15 is 0 Å². The normalized spacial score (nSPS) is 18.7. The average Bonchev–Trinajstić information content (AvgIpc) is 3.06. The summed E-state index contributed by atoms with van der Waals surface area (Å²) >= 11 is 0. The summed E-state index contributed by atoms with van der Waals surface area (Å²) in [5.74, 6) is -4.42. The lowest BCUT2D eigenvalue weighted by molar-refractivity contribution is -0.131. The first-order chi connectivity index (χ1) is 13.8. The Morgan fingerprint density at radius 1 is 1.34 bits per heavy atom. The van der Waals surface area contributed by atoms with Gasteiger partial charge in [0.25, 0.3) is 11.8 Å². The average molecular weight is 398 g/mol. The van der Waals surface area contributed by atoms with Crippen molar-refractivity contribution in [2.45, 2.75) is 31.2 Å². The molecule has 8 heteroatoms. The fraction of sp³-hybridized carbons (Fsp3) is 0.333. The van der Waals surface area contributed by atoms with Gasteiger partial charge in [0.15, 0.2) is 0 Å². The maximum absolute atomic E-state index is 13.5. The van der Waals surface area contributed by atoms with E-state index in [2.05, 4.69) is 10.3 Å². The molecule has 1 saturated heterocycles. The number of alkyl halides is 2. The second kappa shape index (κ2) is 8.35. The van der Waals surface area contributed by atoms with Gasteiger partial charge in [0.05, 0.1) is 19.2 Å². The fourth-order valence-electron chi connectivity index (χ4n) is 3.43. The molecule has 3 rings (SSSR count). The maximum Gasteiger partial charge on any atom is 0.268 e. The minimum absolute atomic E-state index is 0.110. The zero-order chi connectivity index (χ0) is 21.0. The Balaban J connectivity index is 1.71. The molecular weight excluding hydrogens is 378 g/mol. The smallest absolute Gasteiger partial charge is 0.268 e. The monoisotopic (exact) mass is 398 g/mol. The van der Waals surface area contributed by atoms with Gasteiger partial charge in [-0.2, -0.15) is 5.26 Å². The minimum atomic E-state index is -3.09. The van der Waals surface area contributed by atoms with E-state index in [4.69, 9.17) is 5.26 Å². The summed E-state index contributed by atoms with van der Waals surface area (Å²) in [6, 6.07) is 11.7. The van der Waals surface area contributed by atoms with Crippen molar-refractivity contribution in [3.05, 3.63) is 65.5 Å². The summed E-state index contributed by atoms with van der Waals surface area (Å²) in [5.41, 5.74) is 2.04. The molecular formula is C21H20F2N4O2. The van der Waals surface area contributed by atoms with Crippen LogP contribution in [0.2, 0.25) is 0 Å². The molecule has 0 radical (unpaired) electrons. The van der Waals surface area contributed by atoms with Gasteiger partial charge in [-0.05, 0) is 17.2 Å². The molecule has 6 nitrogen and oxygen atoms in total. The van der Waals surface area contributed by atoms with Crippen LogP contribution in [-0.2, 0) is 4.79 Å². The molecule has 150 valence electrons. The number of likely N-dealkylation sites (tertiary alicyclic amines) is 1. The van der Waals surface area contributed by atoms with Crippen LogP contribution in [0.4, 0.5) is 8.78 Å². The first kappa shape index (κ1) is 20.4. The molecule has 1 aromatic heterocycles. The van der Waals surface area contributed by atoms with Crippen molar-refractivity contribution in [2.75, 3.05) is 13.1 Å². The topological polar surface area (TPSA) is 86.1 Å². The number of carbonyl (C=O) groups excluding carboxylic acids is 2. The van der Waals surface area contributed by atoms with Crippen LogP contribution in [-0.4, -0.2) is 46.8 Å². The first-order valence-electron chi connectivity index (χ1n) is 9.16. The van der Waals surface area contributed by atoms with Crippen molar-refractivity contribution in [3.63, 3.8) is 0 Å². The summed E-state index contributed by atoms with van der Waals surface area (Å²) in [4.78, 5) is 29.9. The van der Waals surface area contributed by atoms with Crippen LogP contribution < -0.4 is 5.32 Å². The van der Waals surface area contributed by atoms with Gasteiger partial charge in [0.1, 0.15) is 6.04 Å². The van der Waals surface area contributed by atoms with E-state index in [0.717, 1.165) is 10.5 Å². The standard InChI is InChI=1S/C21H20F2N4O2/c1-14(15-5-3-2-4-6-15)18-11-25-8-7-17(18)20(29)26-12-19(28)27-13-21(22,23)9-16(27)10-24/h2-8,11,14,16H,9,12-13H2,1H3,(H,26,29)/t14?,16-/m0/s1. The maximum atomic E-state index is 13.5. The van der Waals surface area contributed by atoms with Gasteiger partial charge in [0.2, 0.25) is 5.91 Å². The molecule has 2 aromatic rings. The van der Waals surface area contributed by atoms with E-state index in [9.17, 15) is 18.4 Å². The molecule has 1 fully saturated rings. The molecule has 1 aliphatic heterocycles. The van der Waals surface area contributed by atoms with Crippen molar-refractivity contribution in [1.82, 2.24) is 15.2 Å². The highest BCUT2D eigenvalue weighted by Gasteiger charge is 2.47. The van der Waals surface area contributed by atoms with Crippen LogP contribution in [0.15, 0.2) is 48.8 Å². The number of hydrogen-bond acceptors (Lipinski definition) is 4. The van der Waals surface area contributed by atoms with Crippen LogP contribution in [0.25, 0.3) is 0 Å². The van der Waals surface area contributed by atoms with Crippen molar-refractivity contribution in [1.29, 1.82) is 5.26 Å². The lowest BCUT2D eigenvalue weighted by Gasteiger charge is -2.20. The lowest BCUT2D eigenvalue weighted by Crippen LogP contribution is -2.43. The number of nitrogens with one attached hydrogen (secondary N) is 1. The van der Waals surface area contributed by atoms with Crippen molar-refractivity contribution in [3.8, 4) is 6.07 Å². The number of halogens is 2. The van der Waals surface area contributed by atoms with Gasteiger partial charge in [-0.15, -0.1) is 0 Å². The Kier molecular flexibility index (Phi) is 5.87.